The van der Waals surface area contributed by atoms with Crippen molar-refractivity contribution < 1.29 is 9.50 Å². The standard InChI is InChI=1S/C10H6BrFO/c11-9-4-7-3-8(12)2-1-6(7)5-10(9)13/h1-5,13H. The van der Waals surface area contributed by atoms with Crippen LogP contribution in [0.25, 0.3) is 10.8 Å². The summed E-state index contributed by atoms with van der Waals surface area (Å²) in [5, 5.41) is 10.9. The first-order valence-electron chi connectivity index (χ1n) is 3.74. The molecule has 0 bridgehead atoms. The van der Waals surface area contributed by atoms with Crippen LogP contribution < -0.4 is 0 Å². The van der Waals surface area contributed by atoms with Crippen LogP contribution in [0.15, 0.2) is 34.8 Å². The average molecular weight is 241 g/mol. The summed E-state index contributed by atoms with van der Waals surface area (Å²) in [6, 6.07) is 7.72. The van der Waals surface area contributed by atoms with Gasteiger partial charge in [-0.15, -0.1) is 0 Å². The molecular formula is C10H6BrFO. The highest BCUT2D eigenvalue weighted by molar-refractivity contribution is 9.10. The van der Waals surface area contributed by atoms with Crippen molar-refractivity contribution in [1.82, 2.24) is 0 Å². The summed E-state index contributed by atoms with van der Waals surface area (Å²) in [4.78, 5) is 0. The van der Waals surface area contributed by atoms with Gasteiger partial charge in [-0.05, 0) is 51.0 Å². The van der Waals surface area contributed by atoms with Crippen LogP contribution in [0.5, 0.6) is 5.75 Å². The summed E-state index contributed by atoms with van der Waals surface area (Å²) >= 11 is 3.17. The van der Waals surface area contributed by atoms with Gasteiger partial charge < -0.3 is 5.11 Å². The summed E-state index contributed by atoms with van der Waals surface area (Å²) < 4.78 is 13.4. The monoisotopic (exact) mass is 240 g/mol. The summed E-state index contributed by atoms with van der Waals surface area (Å²) in [6.07, 6.45) is 0. The first-order chi connectivity index (χ1) is 6.16. The number of rotatable bonds is 0. The molecule has 66 valence electrons. The van der Waals surface area contributed by atoms with Crippen molar-refractivity contribution >= 4 is 26.7 Å². The molecule has 0 aliphatic heterocycles. The Bertz CT molecular complexity index is 468. The minimum Gasteiger partial charge on any atom is -0.507 e. The molecule has 0 saturated heterocycles. The Hall–Kier alpha value is -1.09. The summed E-state index contributed by atoms with van der Waals surface area (Å²) in [5.41, 5.74) is 0. The number of phenolic OH excluding ortho intramolecular Hbond substituents is 1. The molecule has 2 aromatic carbocycles. The van der Waals surface area contributed by atoms with E-state index >= 15 is 0 Å². The predicted molar refractivity (Wildman–Crippen MR) is 53.3 cm³/mol. The number of hydrogen-bond acceptors (Lipinski definition) is 1. The second-order valence-corrected chi connectivity index (χ2v) is 3.65. The van der Waals surface area contributed by atoms with E-state index < -0.39 is 0 Å². The highest BCUT2D eigenvalue weighted by atomic mass is 79.9. The van der Waals surface area contributed by atoms with Gasteiger partial charge in [0, 0.05) is 0 Å². The molecule has 0 radical (unpaired) electrons. The third-order valence-corrected chi connectivity index (χ3v) is 2.50. The van der Waals surface area contributed by atoms with E-state index in [1.807, 2.05) is 0 Å². The Morgan fingerprint density at radius 2 is 1.85 bits per heavy atom. The van der Waals surface area contributed by atoms with E-state index in [1.54, 1.807) is 18.2 Å². The van der Waals surface area contributed by atoms with E-state index in [1.165, 1.54) is 12.1 Å². The van der Waals surface area contributed by atoms with Gasteiger partial charge in [0.1, 0.15) is 11.6 Å². The average Bonchev–Trinajstić information content (AvgIpc) is 2.08. The van der Waals surface area contributed by atoms with Gasteiger partial charge in [0.2, 0.25) is 0 Å². The lowest BCUT2D eigenvalue weighted by Gasteiger charge is -2.01. The van der Waals surface area contributed by atoms with E-state index in [2.05, 4.69) is 15.9 Å². The third kappa shape index (κ3) is 1.52. The zero-order chi connectivity index (χ0) is 9.42. The molecule has 0 aliphatic carbocycles. The number of benzene rings is 2. The molecule has 0 unspecified atom stereocenters. The molecule has 1 N–H and O–H groups in total. The van der Waals surface area contributed by atoms with Gasteiger partial charge in [-0.1, -0.05) is 6.07 Å². The van der Waals surface area contributed by atoms with Crippen LogP contribution in [0.1, 0.15) is 0 Å². The van der Waals surface area contributed by atoms with E-state index in [0.29, 0.717) is 4.47 Å². The SMILES string of the molecule is Oc1cc2ccc(F)cc2cc1Br. The van der Waals surface area contributed by atoms with Crippen molar-refractivity contribution in [2.45, 2.75) is 0 Å². The van der Waals surface area contributed by atoms with E-state index in [9.17, 15) is 9.50 Å². The third-order valence-electron chi connectivity index (χ3n) is 1.87. The van der Waals surface area contributed by atoms with Gasteiger partial charge in [-0.25, -0.2) is 4.39 Å². The van der Waals surface area contributed by atoms with Crippen LogP contribution in [0, 0.1) is 5.82 Å². The Morgan fingerprint density at radius 3 is 2.62 bits per heavy atom. The normalized spacial score (nSPS) is 10.6. The molecule has 2 rings (SSSR count). The fraction of sp³-hybridized carbons (Fsp3) is 0. The van der Waals surface area contributed by atoms with Gasteiger partial charge >= 0.3 is 0 Å². The van der Waals surface area contributed by atoms with Crippen LogP contribution in [-0.4, -0.2) is 5.11 Å². The number of aromatic hydroxyl groups is 1. The minimum atomic E-state index is -0.273. The number of hydrogen-bond donors (Lipinski definition) is 1. The fourth-order valence-corrected chi connectivity index (χ4v) is 1.59. The molecule has 1 nitrogen and oxygen atoms in total. The largest absolute Gasteiger partial charge is 0.507 e. The van der Waals surface area contributed by atoms with Gasteiger partial charge in [-0.3, -0.25) is 0 Å². The molecule has 0 heterocycles. The smallest absolute Gasteiger partial charge is 0.130 e. The number of phenols is 1. The minimum absolute atomic E-state index is 0.166. The van der Waals surface area contributed by atoms with Crippen molar-refractivity contribution in [3.05, 3.63) is 40.6 Å². The van der Waals surface area contributed by atoms with Crippen LogP contribution in [0.4, 0.5) is 4.39 Å². The van der Waals surface area contributed by atoms with Crippen molar-refractivity contribution in [1.29, 1.82) is 0 Å². The van der Waals surface area contributed by atoms with Gasteiger partial charge in [0.05, 0.1) is 4.47 Å². The van der Waals surface area contributed by atoms with Crippen LogP contribution in [-0.2, 0) is 0 Å². The predicted octanol–water partition coefficient (Wildman–Crippen LogP) is 3.45. The van der Waals surface area contributed by atoms with Crippen molar-refractivity contribution in [3.8, 4) is 5.75 Å². The van der Waals surface area contributed by atoms with Crippen molar-refractivity contribution in [2.75, 3.05) is 0 Å². The molecule has 0 aromatic heterocycles. The Kier molecular flexibility index (Phi) is 1.96. The Morgan fingerprint density at radius 1 is 1.08 bits per heavy atom. The summed E-state index contributed by atoms with van der Waals surface area (Å²) in [7, 11) is 0. The molecule has 0 atom stereocenters. The number of halogens is 2. The first-order valence-corrected chi connectivity index (χ1v) is 4.54. The highest BCUT2D eigenvalue weighted by Gasteiger charge is 2.01. The van der Waals surface area contributed by atoms with E-state index in [0.717, 1.165) is 10.8 Å². The molecule has 0 amide bonds. The molecule has 0 fully saturated rings. The lowest BCUT2D eigenvalue weighted by molar-refractivity contribution is 0.473. The van der Waals surface area contributed by atoms with Gasteiger partial charge in [0.25, 0.3) is 0 Å². The molecule has 13 heavy (non-hydrogen) atoms. The maximum absolute atomic E-state index is 12.8. The topological polar surface area (TPSA) is 20.2 Å². The zero-order valence-electron chi connectivity index (χ0n) is 6.59. The van der Waals surface area contributed by atoms with E-state index in [4.69, 9.17) is 0 Å². The Balaban J connectivity index is 2.81. The maximum Gasteiger partial charge on any atom is 0.130 e. The molecule has 0 saturated carbocycles. The van der Waals surface area contributed by atoms with Crippen molar-refractivity contribution in [3.63, 3.8) is 0 Å². The zero-order valence-corrected chi connectivity index (χ0v) is 8.18. The summed E-state index contributed by atoms with van der Waals surface area (Å²) in [6.45, 7) is 0. The molecule has 0 spiro atoms. The van der Waals surface area contributed by atoms with Crippen LogP contribution in [0.3, 0.4) is 0 Å². The molecular weight excluding hydrogens is 235 g/mol. The second-order valence-electron chi connectivity index (χ2n) is 2.80. The van der Waals surface area contributed by atoms with Crippen LogP contribution in [0.2, 0.25) is 0 Å². The fourth-order valence-electron chi connectivity index (χ4n) is 1.23. The highest BCUT2D eigenvalue weighted by Crippen LogP contribution is 2.29. The maximum atomic E-state index is 12.8. The van der Waals surface area contributed by atoms with Crippen LogP contribution >= 0.6 is 15.9 Å². The molecule has 0 aliphatic rings. The number of fused-ring (bicyclic) bond motifs is 1. The lowest BCUT2D eigenvalue weighted by Crippen LogP contribution is -1.77. The van der Waals surface area contributed by atoms with Gasteiger partial charge in [0.15, 0.2) is 0 Å². The van der Waals surface area contributed by atoms with E-state index in [-0.39, 0.29) is 11.6 Å². The molecule has 2 aromatic rings. The summed E-state index contributed by atoms with van der Waals surface area (Å²) in [5.74, 6) is -0.107. The molecule has 3 heteroatoms. The van der Waals surface area contributed by atoms with Gasteiger partial charge in [-0.2, -0.15) is 0 Å². The van der Waals surface area contributed by atoms with Crippen molar-refractivity contribution in [2.24, 2.45) is 0 Å². The second kappa shape index (κ2) is 3.00. The quantitative estimate of drug-likeness (QED) is 0.748. The Labute approximate surface area is 82.9 Å². The lowest BCUT2D eigenvalue weighted by atomic mass is 10.1. The first kappa shape index (κ1) is 8.51.